The Labute approximate surface area is 99.4 Å². The average Bonchev–Trinajstić information content (AvgIpc) is 2.24. The van der Waals surface area contributed by atoms with Gasteiger partial charge in [0, 0.05) is 11.1 Å². The van der Waals surface area contributed by atoms with E-state index in [-0.39, 0.29) is 13.2 Å². The molecule has 0 saturated heterocycles. The number of ether oxygens (including phenoxy) is 2. The van der Waals surface area contributed by atoms with Crippen LogP contribution in [0.1, 0.15) is 13.8 Å². The van der Waals surface area contributed by atoms with Crippen molar-refractivity contribution in [2.75, 3.05) is 13.2 Å². The Hall–Kier alpha value is -2.20. The van der Waals surface area contributed by atoms with Crippen molar-refractivity contribution >= 4 is 18.0 Å². The minimum atomic E-state index is -0.489. The monoisotopic (exact) mass is 241 g/mol. The third-order valence-electron chi connectivity index (χ3n) is 1.25. The summed E-state index contributed by atoms with van der Waals surface area (Å²) in [6.45, 7) is 9.95. The highest BCUT2D eigenvalue weighted by molar-refractivity contribution is 5.87. The van der Waals surface area contributed by atoms with Crippen LogP contribution in [0.15, 0.2) is 24.3 Å². The summed E-state index contributed by atoms with van der Waals surface area (Å²) in [5.74, 6) is -0.979. The lowest BCUT2D eigenvalue weighted by Gasteiger charge is -2.05. The van der Waals surface area contributed by atoms with Gasteiger partial charge in [0.2, 0.25) is 6.08 Å². The molecule has 0 unspecified atom stereocenters. The molecular formula is C11H15NO5. The fraction of sp³-hybridized carbons (Fsp3) is 0.364. The molecule has 0 rings (SSSR count). The first kappa shape index (κ1) is 17.2. The lowest BCUT2D eigenvalue weighted by Crippen LogP contribution is -2.14. The van der Waals surface area contributed by atoms with Crippen LogP contribution in [0, 0.1) is 5.41 Å². The van der Waals surface area contributed by atoms with E-state index in [0.717, 1.165) is 6.08 Å². The summed E-state index contributed by atoms with van der Waals surface area (Å²) in [6, 6.07) is 0. The van der Waals surface area contributed by atoms with Crippen molar-refractivity contribution in [1.82, 2.24) is 0 Å². The molecule has 0 fully saturated rings. The molecule has 6 heteroatoms. The number of hydrogen-bond donors (Lipinski definition) is 1. The van der Waals surface area contributed by atoms with Crippen LogP contribution >= 0.6 is 0 Å². The van der Waals surface area contributed by atoms with Gasteiger partial charge in [-0.25, -0.2) is 19.8 Å². The van der Waals surface area contributed by atoms with Crippen molar-refractivity contribution in [2.45, 2.75) is 13.8 Å². The third kappa shape index (κ3) is 11.7. The predicted octanol–water partition coefficient (Wildman–Crippen LogP) is 1.13. The van der Waals surface area contributed by atoms with E-state index in [1.807, 2.05) is 0 Å². The Bertz CT molecular complexity index is 312. The molecule has 0 aromatic rings. The molecule has 94 valence electrons. The molecule has 0 heterocycles. The fourth-order valence-corrected chi connectivity index (χ4v) is 0.515. The van der Waals surface area contributed by atoms with Gasteiger partial charge in [-0.1, -0.05) is 13.2 Å². The molecule has 0 aliphatic rings. The van der Waals surface area contributed by atoms with Crippen molar-refractivity contribution in [3.05, 3.63) is 24.3 Å². The summed E-state index contributed by atoms with van der Waals surface area (Å²) in [6.07, 6.45) is 0.750. The van der Waals surface area contributed by atoms with E-state index < -0.39 is 11.9 Å². The molecule has 0 radical (unpaired) electrons. The van der Waals surface area contributed by atoms with Gasteiger partial charge in [-0.3, -0.25) is 0 Å². The Balaban J connectivity index is 0. The summed E-state index contributed by atoms with van der Waals surface area (Å²) in [5.41, 5.74) is 0.632. The molecule has 0 atom stereocenters. The quantitative estimate of drug-likeness (QED) is 0.256. The molecule has 0 aromatic carbocycles. The molecule has 6 nitrogen and oxygen atoms in total. The van der Waals surface area contributed by atoms with Gasteiger partial charge < -0.3 is 9.47 Å². The van der Waals surface area contributed by atoms with Gasteiger partial charge >= 0.3 is 11.9 Å². The van der Waals surface area contributed by atoms with Gasteiger partial charge in [0.25, 0.3) is 0 Å². The first-order valence-corrected chi connectivity index (χ1v) is 4.56. The summed E-state index contributed by atoms with van der Waals surface area (Å²) in [4.78, 5) is 30.0. The average molecular weight is 241 g/mol. The predicted molar refractivity (Wildman–Crippen MR) is 60.0 cm³/mol. The number of nitrogens with one attached hydrogen (secondary N) is 1. The van der Waals surface area contributed by atoms with Gasteiger partial charge in [-0.15, -0.1) is 0 Å². The number of carbonyl (C=O) groups is 2. The summed E-state index contributed by atoms with van der Waals surface area (Å²) < 4.78 is 9.38. The number of hydrogen-bond acceptors (Lipinski definition) is 6. The van der Waals surface area contributed by atoms with E-state index in [2.05, 4.69) is 22.6 Å². The molecule has 0 bridgehead atoms. The molecule has 0 amide bonds. The maximum Gasteiger partial charge on any atom is 0.333 e. The SMILES string of the molecule is C=C(C)C(=O)OCCOC(=O)C(=C)C.N=C=O. The molecule has 0 aliphatic heterocycles. The van der Waals surface area contributed by atoms with E-state index in [0.29, 0.717) is 11.1 Å². The highest BCUT2D eigenvalue weighted by Gasteiger charge is 2.05. The second kappa shape index (κ2) is 10.3. The van der Waals surface area contributed by atoms with Crippen LogP contribution in [0.4, 0.5) is 0 Å². The molecule has 0 aromatic heterocycles. The standard InChI is InChI=1S/C10H14O4.CHNO/c1-7(2)9(11)13-5-6-14-10(12)8(3)4;2-1-3/h1,3,5-6H2,2,4H3;2H. The molecule has 1 N–H and O–H groups in total. The number of rotatable bonds is 5. The normalized spacial score (nSPS) is 7.88. The zero-order valence-electron chi connectivity index (χ0n) is 9.87. The van der Waals surface area contributed by atoms with E-state index in [1.54, 1.807) is 13.8 Å². The minimum Gasteiger partial charge on any atom is -0.459 e. The van der Waals surface area contributed by atoms with Gasteiger partial charge in [-0.2, -0.15) is 0 Å². The lowest BCUT2D eigenvalue weighted by atomic mass is 10.4. The smallest absolute Gasteiger partial charge is 0.333 e. The maximum absolute atomic E-state index is 10.8. The fourth-order valence-electron chi connectivity index (χ4n) is 0.515. The van der Waals surface area contributed by atoms with Crippen LogP contribution in [-0.2, 0) is 23.9 Å². The zero-order valence-corrected chi connectivity index (χ0v) is 9.87. The largest absolute Gasteiger partial charge is 0.459 e. The van der Waals surface area contributed by atoms with Gasteiger partial charge in [0.15, 0.2) is 0 Å². The Morgan fingerprint density at radius 3 is 1.47 bits per heavy atom. The number of isocyanates is 1. The van der Waals surface area contributed by atoms with Crippen molar-refractivity contribution < 1.29 is 23.9 Å². The number of carbonyl (C=O) groups excluding carboxylic acids is 3. The van der Waals surface area contributed by atoms with Gasteiger partial charge in [-0.05, 0) is 13.8 Å². The Kier molecular flexibility index (Phi) is 10.4. The van der Waals surface area contributed by atoms with E-state index >= 15 is 0 Å². The highest BCUT2D eigenvalue weighted by atomic mass is 16.6. The van der Waals surface area contributed by atoms with Crippen molar-refractivity contribution in [3.63, 3.8) is 0 Å². The second-order valence-electron chi connectivity index (χ2n) is 2.93. The van der Waals surface area contributed by atoms with Crippen LogP contribution in [0.2, 0.25) is 0 Å². The van der Waals surface area contributed by atoms with Crippen LogP contribution < -0.4 is 0 Å². The van der Waals surface area contributed by atoms with Crippen LogP contribution in [0.5, 0.6) is 0 Å². The van der Waals surface area contributed by atoms with Gasteiger partial charge in [0.1, 0.15) is 13.2 Å². The third-order valence-corrected chi connectivity index (χ3v) is 1.25. The molecule has 0 saturated carbocycles. The van der Waals surface area contributed by atoms with Crippen LogP contribution in [0.25, 0.3) is 0 Å². The van der Waals surface area contributed by atoms with E-state index in [4.69, 9.17) is 10.2 Å². The molecular weight excluding hydrogens is 226 g/mol. The van der Waals surface area contributed by atoms with Crippen LogP contribution in [-0.4, -0.2) is 31.2 Å². The van der Waals surface area contributed by atoms with Gasteiger partial charge in [0.05, 0.1) is 0 Å². The van der Waals surface area contributed by atoms with E-state index in [9.17, 15) is 9.59 Å². The van der Waals surface area contributed by atoms with Crippen molar-refractivity contribution in [2.24, 2.45) is 0 Å². The molecule has 0 spiro atoms. The summed E-state index contributed by atoms with van der Waals surface area (Å²) in [5, 5.41) is 5.40. The van der Waals surface area contributed by atoms with Crippen molar-refractivity contribution in [1.29, 1.82) is 5.41 Å². The molecule has 0 aliphatic carbocycles. The number of esters is 2. The first-order chi connectivity index (χ1) is 7.86. The first-order valence-electron chi connectivity index (χ1n) is 4.56. The molecule has 17 heavy (non-hydrogen) atoms. The maximum atomic E-state index is 10.8. The second-order valence-corrected chi connectivity index (χ2v) is 2.93. The van der Waals surface area contributed by atoms with E-state index in [1.165, 1.54) is 0 Å². The summed E-state index contributed by atoms with van der Waals surface area (Å²) in [7, 11) is 0. The highest BCUT2D eigenvalue weighted by Crippen LogP contribution is 1.94. The summed E-state index contributed by atoms with van der Waals surface area (Å²) >= 11 is 0. The Morgan fingerprint density at radius 2 is 1.29 bits per heavy atom. The zero-order chi connectivity index (χ0) is 13.8. The van der Waals surface area contributed by atoms with Crippen LogP contribution in [0.3, 0.4) is 0 Å². The minimum absolute atomic E-state index is 0.0325. The Morgan fingerprint density at radius 1 is 1.06 bits per heavy atom. The van der Waals surface area contributed by atoms with Crippen molar-refractivity contribution in [3.8, 4) is 0 Å². The topological polar surface area (TPSA) is 93.5 Å². The lowest BCUT2D eigenvalue weighted by molar-refractivity contribution is -0.147.